The molecule has 1 saturated heterocycles. The summed E-state index contributed by atoms with van der Waals surface area (Å²) in [5.41, 5.74) is 2.24. The van der Waals surface area contributed by atoms with Crippen LogP contribution < -0.4 is 10.2 Å². The number of carbonyl (C=O) groups excluding carboxylic acids is 1. The maximum atomic E-state index is 12.5. The molecule has 2 aromatic rings. The van der Waals surface area contributed by atoms with Gasteiger partial charge in [0.05, 0.1) is 25.2 Å². The average Bonchev–Trinajstić information content (AvgIpc) is 2.67. The first-order valence-corrected chi connectivity index (χ1v) is 8.45. The molecule has 1 heterocycles. The zero-order valence-corrected chi connectivity index (χ0v) is 14.0. The van der Waals surface area contributed by atoms with E-state index in [-0.39, 0.29) is 17.9 Å². The number of carbonyl (C=O) groups is 1. The minimum atomic E-state index is -0.172. The quantitative estimate of drug-likeness (QED) is 0.919. The number of nitrogens with zero attached hydrogens (tertiary/aromatic N) is 1. The van der Waals surface area contributed by atoms with E-state index in [1.54, 1.807) is 7.05 Å². The van der Waals surface area contributed by atoms with Crippen molar-refractivity contribution in [3.05, 3.63) is 66.2 Å². The maximum absolute atomic E-state index is 12.5. The van der Waals surface area contributed by atoms with Crippen LogP contribution in [-0.4, -0.2) is 38.8 Å². The lowest BCUT2D eigenvalue weighted by molar-refractivity contribution is -0.122. The average molecular weight is 324 g/mol. The van der Waals surface area contributed by atoms with Crippen molar-refractivity contribution in [1.29, 1.82) is 0 Å². The molecule has 1 N–H and O–H groups in total. The van der Waals surface area contributed by atoms with E-state index in [4.69, 9.17) is 4.74 Å². The second kappa shape index (κ2) is 7.97. The van der Waals surface area contributed by atoms with Gasteiger partial charge in [-0.1, -0.05) is 48.5 Å². The highest BCUT2D eigenvalue weighted by Gasteiger charge is 2.30. The fourth-order valence-electron chi connectivity index (χ4n) is 3.34. The molecule has 3 rings (SSSR count). The van der Waals surface area contributed by atoms with Gasteiger partial charge in [-0.05, 0) is 24.1 Å². The number of hydrogen-bond acceptors (Lipinski definition) is 3. The molecule has 2 unspecified atom stereocenters. The molecule has 1 fully saturated rings. The Morgan fingerprint density at radius 1 is 1.17 bits per heavy atom. The third-order valence-electron chi connectivity index (χ3n) is 4.59. The molecule has 0 aromatic heterocycles. The van der Waals surface area contributed by atoms with Crippen LogP contribution in [0.25, 0.3) is 0 Å². The minimum absolute atomic E-state index is 0.0554. The van der Waals surface area contributed by atoms with Crippen LogP contribution in [0.1, 0.15) is 17.9 Å². The molecular formula is C20H24N2O2. The molecule has 4 nitrogen and oxygen atoms in total. The molecule has 0 saturated carbocycles. The predicted octanol–water partition coefficient (Wildman–Crippen LogP) is 2.81. The molecule has 0 radical (unpaired) electrons. The summed E-state index contributed by atoms with van der Waals surface area (Å²) in [6.07, 6.45) is 0.735. The van der Waals surface area contributed by atoms with Gasteiger partial charge in [0.1, 0.15) is 0 Å². The molecule has 1 amide bonds. The Bertz CT molecular complexity index is 645. The molecule has 24 heavy (non-hydrogen) atoms. The van der Waals surface area contributed by atoms with Gasteiger partial charge in [0, 0.05) is 19.3 Å². The Hall–Kier alpha value is -2.33. The van der Waals surface area contributed by atoms with Crippen LogP contribution in [0.15, 0.2) is 60.7 Å². The third kappa shape index (κ3) is 3.77. The van der Waals surface area contributed by atoms with Crippen LogP contribution in [0.2, 0.25) is 0 Å². The van der Waals surface area contributed by atoms with Gasteiger partial charge in [-0.25, -0.2) is 0 Å². The molecular weight excluding hydrogens is 300 g/mol. The first kappa shape index (κ1) is 16.5. The van der Waals surface area contributed by atoms with Gasteiger partial charge < -0.3 is 15.0 Å². The Balaban J connectivity index is 1.83. The van der Waals surface area contributed by atoms with Gasteiger partial charge in [0.15, 0.2) is 0 Å². The van der Waals surface area contributed by atoms with Crippen molar-refractivity contribution in [2.45, 2.75) is 18.4 Å². The van der Waals surface area contributed by atoms with E-state index in [1.165, 1.54) is 5.69 Å². The lowest BCUT2D eigenvalue weighted by atomic mass is 9.90. The lowest BCUT2D eigenvalue weighted by Gasteiger charge is -2.39. The molecule has 2 aromatic carbocycles. The highest BCUT2D eigenvalue weighted by atomic mass is 16.5. The van der Waals surface area contributed by atoms with Crippen molar-refractivity contribution in [1.82, 2.24) is 5.32 Å². The summed E-state index contributed by atoms with van der Waals surface area (Å²) >= 11 is 0. The third-order valence-corrected chi connectivity index (χ3v) is 4.59. The van der Waals surface area contributed by atoms with Crippen LogP contribution in [0.5, 0.6) is 0 Å². The fraction of sp³-hybridized carbons (Fsp3) is 0.350. The number of hydrogen-bond donors (Lipinski definition) is 1. The minimum Gasteiger partial charge on any atom is -0.377 e. The maximum Gasteiger partial charge on any atom is 0.227 e. The van der Waals surface area contributed by atoms with Gasteiger partial charge in [-0.2, -0.15) is 0 Å². The molecule has 0 bridgehead atoms. The van der Waals surface area contributed by atoms with Crippen LogP contribution in [0.3, 0.4) is 0 Å². The van der Waals surface area contributed by atoms with E-state index in [1.807, 2.05) is 36.4 Å². The van der Waals surface area contributed by atoms with Crippen LogP contribution in [0.4, 0.5) is 5.69 Å². The smallest absolute Gasteiger partial charge is 0.227 e. The first-order valence-electron chi connectivity index (χ1n) is 8.45. The topological polar surface area (TPSA) is 41.6 Å². The Labute approximate surface area is 143 Å². The van der Waals surface area contributed by atoms with E-state index in [9.17, 15) is 4.79 Å². The molecule has 1 aliphatic heterocycles. The van der Waals surface area contributed by atoms with Crippen LogP contribution in [0, 0.1) is 0 Å². The second-order valence-corrected chi connectivity index (χ2v) is 6.07. The van der Waals surface area contributed by atoms with E-state index < -0.39 is 0 Å². The number of ether oxygens (including phenoxy) is 1. The zero-order valence-electron chi connectivity index (χ0n) is 14.0. The van der Waals surface area contributed by atoms with E-state index in [2.05, 4.69) is 34.5 Å². The summed E-state index contributed by atoms with van der Waals surface area (Å²) in [7, 11) is 1.70. The zero-order chi connectivity index (χ0) is 16.8. The second-order valence-electron chi connectivity index (χ2n) is 6.07. The van der Waals surface area contributed by atoms with Gasteiger partial charge in [0.25, 0.3) is 0 Å². The van der Waals surface area contributed by atoms with Crippen molar-refractivity contribution in [2.75, 3.05) is 31.7 Å². The number of amides is 1. The monoisotopic (exact) mass is 324 g/mol. The number of anilines is 1. The van der Waals surface area contributed by atoms with E-state index >= 15 is 0 Å². The molecule has 2 atom stereocenters. The van der Waals surface area contributed by atoms with Gasteiger partial charge >= 0.3 is 0 Å². The van der Waals surface area contributed by atoms with Crippen LogP contribution in [-0.2, 0) is 9.53 Å². The van der Waals surface area contributed by atoms with Crippen molar-refractivity contribution >= 4 is 11.6 Å². The fourth-order valence-corrected chi connectivity index (χ4v) is 3.34. The summed E-state index contributed by atoms with van der Waals surface area (Å²) in [5, 5.41) is 2.81. The highest BCUT2D eigenvalue weighted by Crippen LogP contribution is 2.28. The lowest BCUT2D eigenvalue weighted by Crippen LogP contribution is -2.47. The number of rotatable bonds is 5. The number of benzene rings is 2. The summed E-state index contributed by atoms with van der Waals surface area (Å²) in [4.78, 5) is 14.8. The van der Waals surface area contributed by atoms with Crippen molar-refractivity contribution in [2.24, 2.45) is 0 Å². The van der Waals surface area contributed by atoms with E-state index in [0.29, 0.717) is 6.61 Å². The molecule has 0 spiro atoms. The largest absolute Gasteiger partial charge is 0.377 e. The number of para-hydroxylation sites is 1. The molecule has 1 aliphatic rings. The SMILES string of the molecule is CNC(=O)C(CC1COCCN1c1ccccc1)c1ccccc1. The standard InChI is InChI=1S/C20H24N2O2/c1-21-20(23)19(16-8-4-2-5-9-16)14-18-15-24-13-12-22(18)17-10-6-3-7-11-17/h2-11,18-19H,12-15H2,1H3,(H,21,23). The summed E-state index contributed by atoms with van der Waals surface area (Å²) < 4.78 is 5.71. The number of likely N-dealkylation sites (N-methyl/N-ethyl adjacent to an activating group) is 1. The predicted molar refractivity (Wildman–Crippen MR) is 96.3 cm³/mol. The van der Waals surface area contributed by atoms with Gasteiger partial charge in [0.2, 0.25) is 5.91 Å². The summed E-state index contributed by atoms with van der Waals surface area (Å²) in [5.74, 6) is -0.117. The number of nitrogens with one attached hydrogen (secondary N) is 1. The van der Waals surface area contributed by atoms with Gasteiger partial charge in [-0.3, -0.25) is 4.79 Å². The van der Waals surface area contributed by atoms with Crippen molar-refractivity contribution in [3.63, 3.8) is 0 Å². The Morgan fingerprint density at radius 3 is 2.50 bits per heavy atom. The molecule has 4 heteroatoms. The Morgan fingerprint density at radius 2 is 1.83 bits per heavy atom. The first-order chi connectivity index (χ1) is 11.8. The van der Waals surface area contributed by atoms with E-state index in [0.717, 1.165) is 25.1 Å². The molecule has 126 valence electrons. The number of morpholine rings is 1. The normalized spacial score (nSPS) is 18.9. The highest BCUT2D eigenvalue weighted by molar-refractivity contribution is 5.83. The summed E-state index contributed by atoms with van der Waals surface area (Å²) in [6.45, 7) is 2.22. The summed E-state index contributed by atoms with van der Waals surface area (Å²) in [6, 6.07) is 20.5. The Kier molecular flexibility index (Phi) is 5.49. The van der Waals surface area contributed by atoms with Gasteiger partial charge in [-0.15, -0.1) is 0 Å². The molecule has 0 aliphatic carbocycles. The van der Waals surface area contributed by atoms with Crippen LogP contribution >= 0.6 is 0 Å². The van der Waals surface area contributed by atoms with Crippen molar-refractivity contribution in [3.8, 4) is 0 Å². The van der Waals surface area contributed by atoms with Crippen molar-refractivity contribution < 1.29 is 9.53 Å².